The SMILES string of the molecule is CC(Oc1cc(Cl)nc(-c2ccccc2)n1)C(F)(F)F. The van der Waals surface area contributed by atoms with E-state index in [1.54, 1.807) is 30.3 Å². The van der Waals surface area contributed by atoms with E-state index in [2.05, 4.69) is 9.97 Å². The van der Waals surface area contributed by atoms with Crippen LogP contribution >= 0.6 is 11.6 Å². The Morgan fingerprint density at radius 1 is 1.15 bits per heavy atom. The summed E-state index contributed by atoms with van der Waals surface area (Å²) in [5, 5.41) is 0.0169. The van der Waals surface area contributed by atoms with Gasteiger partial charge in [-0.15, -0.1) is 0 Å². The highest BCUT2D eigenvalue weighted by Gasteiger charge is 2.38. The number of ether oxygens (including phenoxy) is 1. The molecule has 20 heavy (non-hydrogen) atoms. The van der Waals surface area contributed by atoms with Crippen molar-refractivity contribution in [1.29, 1.82) is 0 Å². The minimum absolute atomic E-state index is 0.0169. The van der Waals surface area contributed by atoms with Gasteiger partial charge in [0.05, 0.1) is 0 Å². The fourth-order valence-electron chi connectivity index (χ4n) is 1.42. The lowest BCUT2D eigenvalue weighted by molar-refractivity contribution is -0.189. The second-order valence-corrected chi connectivity index (χ2v) is 4.41. The smallest absolute Gasteiger partial charge is 0.425 e. The lowest BCUT2D eigenvalue weighted by Gasteiger charge is -2.17. The molecule has 1 heterocycles. The molecule has 0 N–H and O–H groups in total. The van der Waals surface area contributed by atoms with Gasteiger partial charge in [0.2, 0.25) is 5.88 Å². The second-order valence-electron chi connectivity index (χ2n) is 4.02. The van der Waals surface area contributed by atoms with Gasteiger partial charge in [-0.25, -0.2) is 4.98 Å². The first kappa shape index (κ1) is 14.6. The first-order valence-electron chi connectivity index (χ1n) is 5.69. The Morgan fingerprint density at radius 2 is 1.80 bits per heavy atom. The third-order valence-electron chi connectivity index (χ3n) is 2.46. The average molecular weight is 303 g/mol. The second kappa shape index (κ2) is 5.66. The first-order valence-corrected chi connectivity index (χ1v) is 6.07. The fraction of sp³-hybridized carbons (Fsp3) is 0.231. The van der Waals surface area contributed by atoms with Crippen molar-refractivity contribution in [1.82, 2.24) is 9.97 Å². The summed E-state index contributed by atoms with van der Waals surface area (Å²) < 4.78 is 42.1. The third-order valence-corrected chi connectivity index (χ3v) is 2.66. The molecule has 0 aliphatic carbocycles. The van der Waals surface area contributed by atoms with Crippen LogP contribution < -0.4 is 4.74 Å². The van der Waals surface area contributed by atoms with Crippen molar-refractivity contribution >= 4 is 11.6 Å². The highest BCUT2D eigenvalue weighted by Crippen LogP contribution is 2.26. The van der Waals surface area contributed by atoms with Crippen molar-refractivity contribution in [3.05, 3.63) is 41.6 Å². The van der Waals surface area contributed by atoms with Crippen LogP contribution in [0.5, 0.6) is 5.88 Å². The Hall–Kier alpha value is -1.82. The standard InChI is InChI=1S/C13H10ClF3N2O/c1-8(13(15,16)17)20-11-7-10(14)18-12(19-11)9-5-3-2-4-6-9/h2-8H,1H3. The molecular formula is C13H10ClF3N2O. The van der Waals surface area contributed by atoms with Crippen molar-refractivity contribution < 1.29 is 17.9 Å². The molecule has 0 amide bonds. The average Bonchev–Trinajstić information content (AvgIpc) is 2.38. The zero-order valence-corrected chi connectivity index (χ0v) is 11.1. The molecule has 106 valence electrons. The summed E-state index contributed by atoms with van der Waals surface area (Å²) in [4.78, 5) is 7.91. The summed E-state index contributed by atoms with van der Waals surface area (Å²) in [6, 6.07) is 9.93. The van der Waals surface area contributed by atoms with E-state index >= 15 is 0 Å². The first-order chi connectivity index (χ1) is 9.36. The highest BCUT2D eigenvalue weighted by atomic mass is 35.5. The number of nitrogens with zero attached hydrogens (tertiary/aromatic N) is 2. The van der Waals surface area contributed by atoms with E-state index in [-0.39, 0.29) is 16.9 Å². The fourth-order valence-corrected chi connectivity index (χ4v) is 1.60. The van der Waals surface area contributed by atoms with Gasteiger partial charge in [0.1, 0.15) is 5.15 Å². The Morgan fingerprint density at radius 3 is 2.40 bits per heavy atom. The molecule has 1 aromatic carbocycles. The molecule has 0 spiro atoms. The van der Waals surface area contributed by atoms with Gasteiger partial charge in [0.15, 0.2) is 11.9 Å². The summed E-state index contributed by atoms with van der Waals surface area (Å²) in [6.45, 7) is 0.901. The van der Waals surface area contributed by atoms with E-state index in [4.69, 9.17) is 16.3 Å². The maximum atomic E-state index is 12.5. The van der Waals surface area contributed by atoms with Gasteiger partial charge in [-0.05, 0) is 6.92 Å². The van der Waals surface area contributed by atoms with Crippen molar-refractivity contribution in [3.63, 3.8) is 0 Å². The molecule has 2 rings (SSSR count). The molecule has 0 fully saturated rings. The molecule has 0 aliphatic heterocycles. The molecule has 1 atom stereocenters. The van der Waals surface area contributed by atoms with Crippen molar-refractivity contribution in [2.45, 2.75) is 19.2 Å². The number of benzene rings is 1. The molecule has 1 unspecified atom stereocenters. The van der Waals surface area contributed by atoms with Crippen LogP contribution in [0.15, 0.2) is 36.4 Å². The van der Waals surface area contributed by atoms with Gasteiger partial charge >= 0.3 is 6.18 Å². The summed E-state index contributed by atoms with van der Waals surface area (Å²) in [5.41, 5.74) is 0.638. The van der Waals surface area contributed by atoms with Gasteiger partial charge in [-0.2, -0.15) is 18.2 Å². The van der Waals surface area contributed by atoms with Crippen LogP contribution in [-0.4, -0.2) is 22.2 Å². The number of hydrogen-bond acceptors (Lipinski definition) is 3. The maximum absolute atomic E-state index is 12.5. The Labute approximate surface area is 118 Å². The lowest BCUT2D eigenvalue weighted by atomic mass is 10.2. The summed E-state index contributed by atoms with van der Waals surface area (Å²) in [6.07, 6.45) is -6.44. The van der Waals surface area contributed by atoms with Crippen LogP contribution in [0.1, 0.15) is 6.92 Å². The van der Waals surface area contributed by atoms with E-state index in [0.29, 0.717) is 5.56 Å². The Kier molecular flexibility index (Phi) is 4.13. The monoisotopic (exact) mass is 302 g/mol. The number of halogens is 4. The Balaban J connectivity index is 2.30. The van der Waals surface area contributed by atoms with Gasteiger partial charge in [-0.3, -0.25) is 0 Å². The molecule has 1 aromatic heterocycles. The zero-order valence-electron chi connectivity index (χ0n) is 10.4. The zero-order chi connectivity index (χ0) is 14.8. The van der Waals surface area contributed by atoms with Crippen LogP contribution in [0.3, 0.4) is 0 Å². The van der Waals surface area contributed by atoms with E-state index in [0.717, 1.165) is 13.0 Å². The summed E-state index contributed by atoms with van der Waals surface area (Å²) in [7, 11) is 0. The van der Waals surface area contributed by atoms with Crippen molar-refractivity contribution in [2.75, 3.05) is 0 Å². The van der Waals surface area contributed by atoms with Crippen molar-refractivity contribution in [2.24, 2.45) is 0 Å². The van der Waals surface area contributed by atoms with Gasteiger partial charge in [0, 0.05) is 11.6 Å². The van der Waals surface area contributed by atoms with Crippen molar-refractivity contribution in [3.8, 4) is 17.3 Å². The quantitative estimate of drug-likeness (QED) is 0.800. The molecule has 0 aliphatic rings. The number of rotatable bonds is 3. The summed E-state index contributed by atoms with van der Waals surface area (Å²) >= 11 is 5.79. The highest BCUT2D eigenvalue weighted by molar-refractivity contribution is 6.29. The minimum atomic E-state index is -4.47. The van der Waals surface area contributed by atoms with E-state index in [1.165, 1.54) is 0 Å². The van der Waals surface area contributed by atoms with E-state index < -0.39 is 12.3 Å². The summed E-state index contributed by atoms with van der Waals surface area (Å²) in [5.74, 6) is -0.00356. The van der Waals surface area contributed by atoms with Crippen LogP contribution in [0.2, 0.25) is 5.15 Å². The predicted molar refractivity (Wildman–Crippen MR) is 68.6 cm³/mol. The van der Waals surface area contributed by atoms with Crippen LogP contribution in [0.4, 0.5) is 13.2 Å². The number of aromatic nitrogens is 2. The van der Waals surface area contributed by atoms with Crippen LogP contribution in [0, 0.1) is 0 Å². The van der Waals surface area contributed by atoms with Gasteiger partial charge < -0.3 is 4.74 Å². The molecule has 2 aromatic rings. The van der Waals surface area contributed by atoms with Crippen LogP contribution in [-0.2, 0) is 0 Å². The van der Waals surface area contributed by atoms with E-state index in [1.807, 2.05) is 0 Å². The number of alkyl halides is 3. The molecular weight excluding hydrogens is 293 g/mol. The molecule has 0 radical (unpaired) electrons. The largest absolute Gasteiger partial charge is 0.465 e. The number of hydrogen-bond donors (Lipinski definition) is 0. The molecule has 0 saturated heterocycles. The van der Waals surface area contributed by atoms with Crippen LogP contribution in [0.25, 0.3) is 11.4 Å². The molecule has 3 nitrogen and oxygen atoms in total. The maximum Gasteiger partial charge on any atom is 0.425 e. The molecule has 0 bridgehead atoms. The van der Waals surface area contributed by atoms with Gasteiger partial charge in [0.25, 0.3) is 0 Å². The Bertz CT molecular complexity index is 590. The third kappa shape index (κ3) is 3.60. The van der Waals surface area contributed by atoms with Gasteiger partial charge in [-0.1, -0.05) is 41.9 Å². The normalized spacial score (nSPS) is 13.1. The topological polar surface area (TPSA) is 35.0 Å². The lowest BCUT2D eigenvalue weighted by Crippen LogP contribution is -2.31. The molecule has 7 heteroatoms. The predicted octanol–water partition coefficient (Wildman–Crippen LogP) is 4.13. The minimum Gasteiger partial charge on any atom is -0.465 e. The molecule has 0 saturated carbocycles. The van der Waals surface area contributed by atoms with E-state index in [9.17, 15) is 13.2 Å².